The maximum absolute atomic E-state index is 13.0. The summed E-state index contributed by atoms with van der Waals surface area (Å²) in [6.45, 7) is 3.06. The second-order valence-electron chi connectivity index (χ2n) is 8.21. The first-order chi connectivity index (χ1) is 17.1. The number of nitrogens with one attached hydrogen (secondary N) is 1. The minimum Gasteiger partial charge on any atom is -0.609 e. The summed E-state index contributed by atoms with van der Waals surface area (Å²) in [5.41, 5.74) is 2.32. The van der Waals surface area contributed by atoms with Crippen LogP contribution in [0.1, 0.15) is 32.7 Å². The van der Waals surface area contributed by atoms with Gasteiger partial charge >= 0.3 is 11.3 Å². The van der Waals surface area contributed by atoms with Crippen LogP contribution in [0, 0.1) is 6.92 Å². The zero-order valence-corrected chi connectivity index (χ0v) is 19.9. The summed E-state index contributed by atoms with van der Waals surface area (Å²) in [7, 11) is 0. The SMILES string of the molecule is Cc1ccc(NC(=O)c2cc(C(F)(F)F)ccn2)cc1C1=Cc2cnc([S+](C)[O-])nc2N2CCN=C12. The molecule has 1 aromatic carbocycles. The highest BCUT2D eigenvalue weighted by molar-refractivity contribution is 7.90. The van der Waals surface area contributed by atoms with Gasteiger partial charge in [-0.15, -0.1) is 0 Å². The molecule has 0 saturated heterocycles. The van der Waals surface area contributed by atoms with E-state index in [0.29, 0.717) is 36.5 Å². The monoisotopic (exact) mass is 512 g/mol. The first-order valence-corrected chi connectivity index (χ1v) is 12.4. The number of amides is 1. The molecule has 0 saturated carbocycles. The molecule has 8 nitrogen and oxygen atoms in total. The van der Waals surface area contributed by atoms with Crippen LogP contribution in [-0.2, 0) is 17.4 Å². The van der Waals surface area contributed by atoms with Crippen molar-refractivity contribution in [1.82, 2.24) is 15.0 Å². The van der Waals surface area contributed by atoms with Gasteiger partial charge in [0.05, 0.1) is 12.1 Å². The van der Waals surface area contributed by atoms with Gasteiger partial charge in [0.15, 0.2) is 0 Å². The van der Waals surface area contributed by atoms with Gasteiger partial charge in [-0.3, -0.25) is 14.8 Å². The van der Waals surface area contributed by atoms with E-state index < -0.39 is 28.8 Å². The van der Waals surface area contributed by atoms with Crippen molar-refractivity contribution in [2.24, 2.45) is 4.99 Å². The number of aromatic nitrogens is 3. The topological polar surface area (TPSA) is 106 Å². The van der Waals surface area contributed by atoms with Crippen molar-refractivity contribution in [3.8, 4) is 0 Å². The Morgan fingerprint density at radius 3 is 2.75 bits per heavy atom. The molecule has 12 heteroatoms. The number of amidine groups is 1. The molecule has 2 aliphatic heterocycles. The van der Waals surface area contributed by atoms with Gasteiger partial charge in [0.25, 0.3) is 5.91 Å². The van der Waals surface area contributed by atoms with Crippen molar-refractivity contribution >= 4 is 46.1 Å². The molecule has 0 spiro atoms. The second kappa shape index (κ2) is 9.03. The van der Waals surface area contributed by atoms with E-state index in [1.807, 2.05) is 17.9 Å². The van der Waals surface area contributed by atoms with Gasteiger partial charge < -0.3 is 14.8 Å². The molecule has 3 aromatic rings. The van der Waals surface area contributed by atoms with E-state index in [4.69, 9.17) is 0 Å². The number of hydrogen-bond acceptors (Lipinski definition) is 7. The molecule has 1 amide bonds. The molecule has 0 radical (unpaired) electrons. The Morgan fingerprint density at radius 2 is 2.00 bits per heavy atom. The van der Waals surface area contributed by atoms with E-state index in [9.17, 15) is 22.5 Å². The number of aryl methyl sites for hydroxylation is 1. The Labute approximate surface area is 207 Å². The van der Waals surface area contributed by atoms with Gasteiger partial charge in [-0.2, -0.15) is 23.1 Å². The van der Waals surface area contributed by atoms with Crippen molar-refractivity contribution < 1.29 is 22.5 Å². The summed E-state index contributed by atoms with van der Waals surface area (Å²) in [5.74, 6) is 0.570. The largest absolute Gasteiger partial charge is 0.609 e. The van der Waals surface area contributed by atoms with Crippen LogP contribution < -0.4 is 10.2 Å². The fourth-order valence-corrected chi connectivity index (χ4v) is 4.46. The van der Waals surface area contributed by atoms with E-state index in [1.54, 1.807) is 24.4 Å². The third-order valence-corrected chi connectivity index (χ3v) is 6.48. The van der Waals surface area contributed by atoms with Crippen LogP contribution in [0.5, 0.6) is 0 Å². The summed E-state index contributed by atoms with van der Waals surface area (Å²) in [5, 5.41) is 2.87. The van der Waals surface area contributed by atoms with E-state index >= 15 is 0 Å². The van der Waals surface area contributed by atoms with Crippen molar-refractivity contribution in [3.05, 3.63) is 70.7 Å². The van der Waals surface area contributed by atoms with Crippen LogP contribution in [0.2, 0.25) is 0 Å². The number of alkyl halides is 3. The lowest BCUT2D eigenvalue weighted by atomic mass is 9.94. The fraction of sp³-hybridized carbons (Fsp3) is 0.208. The van der Waals surface area contributed by atoms with Crippen molar-refractivity contribution in [1.29, 1.82) is 0 Å². The summed E-state index contributed by atoms with van der Waals surface area (Å²) >= 11 is -1.33. The molecular formula is C24H19F3N6O2S. The zero-order valence-electron chi connectivity index (χ0n) is 19.1. The molecular weight excluding hydrogens is 493 g/mol. The zero-order chi connectivity index (χ0) is 25.6. The lowest BCUT2D eigenvalue weighted by molar-refractivity contribution is -0.137. The van der Waals surface area contributed by atoms with Gasteiger partial charge in [0, 0.05) is 46.9 Å². The number of carbonyl (C=O) groups excluding carboxylic acids is 1. The minimum atomic E-state index is -4.58. The maximum Gasteiger partial charge on any atom is 0.416 e. The first-order valence-electron chi connectivity index (χ1n) is 10.8. The molecule has 1 unspecified atom stereocenters. The van der Waals surface area contributed by atoms with Gasteiger partial charge in [0.2, 0.25) is 0 Å². The van der Waals surface area contributed by atoms with Crippen LogP contribution in [0.4, 0.5) is 24.7 Å². The molecule has 0 bridgehead atoms. The smallest absolute Gasteiger partial charge is 0.416 e. The Kier molecular flexibility index (Phi) is 6.00. The Balaban J connectivity index is 1.49. The Hall–Kier alpha value is -3.77. The van der Waals surface area contributed by atoms with Gasteiger partial charge in [-0.1, -0.05) is 6.07 Å². The predicted octanol–water partition coefficient (Wildman–Crippen LogP) is 3.96. The third kappa shape index (κ3) is 4.44. The molecule has 0 aliphatic carbocycles. The number of pyridine rings is 1. The molecule has 184 valence electrons. The van der Waals surface area contributed by atoms with E-state index in [2.05, 4.69) is 25.3 Å². The van der Waals surface area contributed by atoms with Gasteiger partial charge in [-0.25, -0.2) is 0 Å². The molecule has 4 heterocycles. The average Bonchev–Trinajstić information content (AvgIpc) is 3.34. The lowest BCUT2D eigenvalue weighted by Crippen LogP contribution is -2.33. The number of carbonyl (C=O) groups is 1. The van der Waals surface area contributed by atoms with Crippen LogP contribution in [0.3, 0.4) is 0 Å². The Morgan fingerprint density at radius 1 is 1.19 bits per heavy atom. The second-order valence-corrected chi connectivity index (χ2v) is 9.49. The van der Waals surface area contributed by atoms with Gasteiger partial charge in [-0.05, 0) is 48.4 Å². The molecule has 2 aromatic heterocycles. The summed E-state index contributed by atoms with van der Waals surface area (Å²) in [4.78, 5) is 31.7. The molecule has 1 N–H and O–H groups in total. The number of anilines is 2. The highest BCUT2D eigenvalue weighted by Crippen LogP contribution is 2.37. The van der Waals surface area contributed by atoms with E-state index in [0.717, 1.165) is 34.5 Å². The first kappa shape index (κ1) is 23.9. The number of benzene rings is 1. The minimum absolute atomic E-state index is 0.237. The fourth-order valence-electron chi connectivity index (χ4n) is 4.04. The number of rotatable bonds is 4. The molecule has 5 rings (SSSR count). The molecule has 36 heavy (non-hydrogen) atoms. The lowest BCUT2D eigenvalue weighted by Gasteiger charge is -2.28. The summed E-state index contributed by atoms with van der Waals surface area (Å²) in [6.07, 6.45) is 1.40. The Bertz CT molecular complexity index is 1440. The van der Waals surface area contributed by atoms with E-state index in [-0.39, 0.29) is 10.9 Å². The third-order valence-electron chi connectivity index (χ3n) is 5.77. The maximum atomic E-state index is 13.0. The standard InChI is InChI=1S/C24H19F3N6O2S/c1-13-3-4-16(31-22(34)19-10-15(5-6-28-19)24(25,26)27)11-17(13)18-9-14-12-30-23(36(2)35)32-20(14)33-8-7-29-21(18)33/h3-6,9-12H,7-8H2,1-2H3,(H,31,34). The summed E-state index contributed by atoms with van der Waals surface area (Å²) in [6, 6.07) is 6.75. The average molecular weight is 513 g/mol. The quantitative estimate of drug-likeness (QED) is 0.419. The number of hydrogen-bond donors (Lipinski definition) is 1. The number of halogens is 3. The molecule has 2 aliphatic rings. The molecule has 0 fully saturated rings. The molecule has 1 atom stereocenters. The van der Waals surface area contributed by atoms with E-state index in [1.165, 1.54) is 6.26 Å². The van der Waals surface area contributed by atoms with Crippen molar-refractivity contribution in [2.45, 2.75) is 18.3 Å². The predicted molar refractivity (Wildman–Crippen MR) is 130 cm³/mol. The highest BCUT2D eigenvalue weighted by atomic mass is 32.2. The van der Waals surface area contributed by atoms with Crippen molar-refractivity contribution in [2.75, 3.05) is 29.6 Å². The normalized spacial score (nSPS) is 15.6. The summed E-state index contributed by atoms with van der Waals surface area (Å²) < 4.78 is 51.0. The van der Waals surface area contributed by atoms with Crippen LogP contribution in [-0.4, -0.2) is 50.6 Å². The van der Waals surface area contributed by atoms with Crippen molar-refractivity contribution in [3.63, 3.8) is 0 Å². The van der Waals surface area contributed by atoms with Crippen LogP contribution in [0.15, 0.2) is 52.9 Å². The van der Waals surface area contributed by atoms with Crippen LogP contribution in [0.25, 0.3) is 11.6 Å². The number of nitrogens with zero attached hydrogens (tertiary/aromatic N) is 5. The highest BCUT2D eigenvalue weighted by Gasteiger charge is 2.33. The number of aliphatic imine (C=N–C) groups is 1. The number of fused-ring (bicyclic) bond motifs is 3. The van der Waals surface area contributed by atoms with Gasteiger partial charge in [0.1, 0.15) is 23.6 Å². The van der Waals surface area contributed by atoms with Crippen LogP contribution >= 0.6 is 0 Å².